The number of carboxylic acid groups (broad SMARTS) is 1. The van der Waals surface area contributed by atoms with Gasteiger partial charge in [0, 0.05) is 48.8 Å². The van der Waals surface area contributed by atoms with Gasteiger partial charge in [-0.05, 0) is 121 Å². The lowest BCUT2D eigenvalue weighted by Crippen LogP contribution is -2.24. The minimum absolute atomic E-state index is 0.0897. The number of nitrogen functional groups attached to an aromatic ring is 1. The molecule has 6 aromatic rings. The molecule has 0 saturated heterocycles. The molecule has 2 fully saturated rings. The van der Waals surface area contributed by atoms with E-state index in [0.29, 0.717) is 48.8 Å². The van der Waals surface area contributed by atoms with Gasteiger partial charge in [0.15, 0.2) is 13.5 Å². The smallest absolute Gasteiger partial charge is 0.355 e. The lowest BCUT2D eigenvalue weighted by Gasteiger charge is -2.28. The molecule has 0 bridgehead atoms. The third kappa shape index (κ3) is 12.3. The number of nitrogens with zero attached hydrogens (tertiary/aromatic N) is 8. The number of nitrogens with two attached hydrogens (primary N) is 1. The second kappa shape index (κ2) is 21.7. The number of halogens is 2. The summed E-state index contributed by atoms with van der Waals surface area (Å²) >= 11 is 8.98. The van der Waals surface area contributed by atoms with Crippen LogP contribution in [0.25, 0.3) is 22.8 Å². The summed E-state index contributed by atoms with van der Waals surface area (Å²) in [5, 5.41) is 23.9. The number of aromatic nitrogens is 8. The van der Waals surface area contributed by atoms with Crippen LogP contribution in [0.1, 0.15) is 98.3 Å². The molecule has 19 heteroatoms. The minimum atomic E-state index is -0.989. The first-order chi connectivity index (χ1) is 28.6. The third-order valence-corrected chi connectivity index (χ3v) is 12.5. The quantitative estimate of drug-likeness (QED) is 0.111. The Morgan fingerprint density at radius 2 is 1.25 bits per heavy atom. The van der Waals surface area contributed by atoms with Crippen molar-refractivity contribution in [1.82, 2.24) is 39.5 Å². The van der Waals surface area contributed by atoms with Crippen molar-refractivity contribution in [1.29, 1.82) is 0 Å². The number of ether oxygens (including phenoxy) is 2. The summed E-state index contributed by atoms with van der Waals surface area (Å²) in [4.78, 5) is 39.4. The Morgan fingerprint density at radius 1 is 0.763 bits per heavy atom. The molecule has 59 heavy (non-hydrogen) atoms. The molecule has 1 amide bonds. The fraction of sp³-hybridized carbons (Fsp3) is 0.400. The first-order valence-electron chi connectivity index (χ1n) is 19.4. The van der Waals surface area contributed by atoms with E-state index in [9.17, 15) is 9.59 Å². The van der Waals surface area contributed by atoms with Crippen LogP contribution in [0.3, 0.4) is 0 Å². The molecule has 0 unspecified atom stereocenters. The molecule has 312 valence electrons. The largest absolute Gasteiger partial charge is 0.476 e. The Labute approximate surface area is 367 Å². The molecule has 2 aliphatic carbocycles. The first-order valence-corrected chi connectivity index (χ1v) is 22.7. The summed E-state index contributed by atoms with van der Waals surface area (Å²) in [5.74, 6) is -1.25. The van der Waals surface area contributed by atoms with Gasteiger partial charge in [-0.3, -0.25) is 24.1 Å². The van der Waals surface area contributed by atoms with Gasteiger partial charge in [0.2, 0.25) is 0 Å². The number of anilines is 2. The van der Waals surface area contributed by atoms with E-state index in [1.54, 1.807) is 17.8 Å². The molecule has 6 aromatic heterocycles. The Balaban J connectivity index is 0.000000169. The van der Waals surface area contributed by atoms with Crippen molar-refractivity contribution < 1.29 is 24.2 Å². The molecule has 8 rings (SSSR count). The number of aromatic carboxylic acids is 1. The number of carbonyl (C=O) groups is 2. The van der Waals surface area contributed by atoms with E-state index in [1.807, 2.05) is 65.1 Å². The maximum absolute atomic E-state index is 12.6. The van der Waals surface area contributed by atoms with Crippen molar-refractivity contribution in [2.75, 3.05) is 24.3 Å². The van der Waals surface area contributed by atoms with Crippen LogP contribution in [-0.2, 0) is 9.47 Å². The van der Waals surface area contributed by atoms with Gasteiger partial charge in [-0.1, -0.05) is 12.1 Å². The van der Waals surface area contributed by atoms with Gasteiger partial charge in [0.05, 0.1) is 47.1 Å². The van der Waals surface area contributed by atoms with Gasteiger partial charge >= 0.3 is 5.97 Å². The Hall–Kier alpha value is -4.40. The lowest BCUT2D eigenvalue weighted by molar-refractivity contribution is 0.0258. The summed E-state index contributed by atoms with van der Waals surface area (Å²) in [6.45, 7) is 5.64. The predicted octanol–water partition coefficient (Wildman–Crippen LogP) is 9.59. The zero-order chi connectivity index (χ0) is 41.7. The highest BCUT2D eigenvalue weighted by Gasteiger charge is 2.27. The fourth-order valence-corrected chi connectivity index (χ4v) is 8.95. The van der Waals surface area contributed by atoms with Crippen molar-refractivity contribution in [3.05, 3.63) is 91.2 Å². The maximum atomic E-state index is 12.6. The molecule has 15 nitrogen and oxygen atoms in total. The average molecular weight is 971 g/mol. The van der Waals surface area contributed by atoms with Crippen LogP contribution in [0.15, 0.2) is 79.8 Å². The summed E-state index contributed by atoms with van der Waals surface area (Å²) in [6, 6.07) is 12.2. The van der Waals surface area contributed by atoms with Crippen molar-refractivity contribution >= 4 is 77.8 Å². The first kappa shape index (κ1) is 44.2. The third-order valence-electron chi connectivity index (χ3n) is 9.80. The summed E-state index contributed by atoms with van der Waals surface area (Å²) in [7, 11) is 0. The van der Waals surface area contributed by atoms with Gasteiger partial charge in [-0.2, -0.15) is 10.2 Å². The summed E-state index contributed by atoms with van der Waals surface area (Å²) < 4.78 is 16.7. The van der Waals surface area contributed by atoms with E-state index < -0.39 is 5.97 Å². The fourth-order valence-electron chi connectivity index (χ4n) is 6.97. The number of hydrogen-bond acceptors (Lipinski definition) is 13. The molecular formula is C40H46Br2N10O5S2. The molecule has 4 N–H and O–H groups in total. The van der Waals surface area contributed by atoms with Crippen molar-refractivity contribution in [3.8, 4) is 22.8 Å². The topological polar surface area (TPSA) is 198 Å². The number of amides is 1. The monoisotopic (exact) mass is 968 g/mol. The summed E-state index contributed by atoms with van der Waals surface area (Å²) in [6.07, 6.45) is 16.5. The van der Waals surface area contributed by atoms with E-state index in [0.717, 1.165) is 81.7 Å². The molecule has 6 heterocycles. The highest BCUT2D eigenvalue weighted by molar-refractivity contribution is 9.11. The van der Waals surface area contributed by atoms with Crippen molar-refractivity contribution in [2.24, 2.45) is 0 Å². The zero-order valence-electron chi connectivity index (χ0n) is 32.6. The van der Waals surface area contributed by atoms with Gasteiger partial charge in [-0.15, -0.1) is 22.7 Å². The van der Waals surface area contributed by atoms with Crippen LogP contribution in [0, 0.1) is 0 Å². The number of hydrogen-bond donors (Lipinski definition) is 3. The van der Waals surface area contributed by atoms with Gasteiger partial charge in [0.1, 0.15) is 17.1 Å². The van der Waals surface area contributed by atoms with Crippen LogP contribution in [0.4, 0.5) is 11.4 Å². The summed E-state index contributed by atoms with van der Waals surface area (Å²) in [5.41, 5.74) is 10.9. The van der Waals surface area contributed by atoms with Gasteiger partial charge in [0.25, 0.3) is 5.91 Å². The molecule has 0 aromatic carbocycles. The number of pyridine rings is 2. The van der Waals surface area contributed by atoms with Crippen LogP contribution in [0.2, 0.25) is 0 Å². The number of carbonyl (C=O) groups excluding carboxylic acids is 1. The van der Waals surface area contributed by atoms with E-state index in [2.05, 4.69) is 69.1 Å². The zero-order valence-corrected chi connectivity index (χ0v) is 37.4. The van der Waals surface area contributed by atoms with Crippen LogP contribution in [-0.4, -0.2) is 81.9 Å². The van der Waals surface area contributed by atoms with Gasteiger partial charge < -0.3 is 25.6 Å². The Morgan fingerprint density at radius 3 is 1.69 bits per heavy atom. The number of rotatable bonds is 11. The van der Waals surface area contributed by atoms with Crippen LogP contribution in [0.5, 0.6) is 0 Å². The SMILES string of the molecule is CCOC1CCC(n2cc(N)c(-c3ccccn3)n2)CC1.CCOC1CCC(n2cc(NC(=O)c3csc(Br)n3)c(-c3ccccn3)n2)CC1.O=C(O)c1csc(Br)n1. The van der Waals surface area contributed by atoms with Crippen LogP contribution < -0.4 is 11.1 Å². The highest BCUT2D eigenvalue weighted by atomic mass is 79.9. The number of thiazole rings is 2. The standard InChI is InChI=1S/C20H22BrN5O2S.C16H22N4O.C4H2BrNO2S/c1-2-28-14-8-6-13(7-9-14)26-11-16(18(25-26)15-5-3-4-10-22-15)23-19(27)17-12-29-20(21)24-17;1-2-21-13-8-6-12(7-9-13)20-11-14(17)16(19-20)15-5-3-4-10-18-15;5-4-6-2(1-9-4)3(7)8/h3-5,10-14H,2,6-9H2,1H3,(H,23,27);3-5,10-13H,2,6-9,17H2,1H3;1H,(H,7,8). The normalized spacial score (nSPS) is 18.8. The minimum Gasteiger partial charge on any atom is -0.476 e. The molecule has 2 saturated carbocycles. The highest BCUT2D eigenvalue weighted by Crippen LogP contribution is 2.35. The molecule has 0 radical (unpaired) electrons. The second-order valence-corrected chi connectivity index (χ2v) is 18.0. The molecule has 0 atom stereocenters. The van der Waals surface area contributed by atoms with Crippen molar-refractivity contribution in [2.45, 2.75) is 89.5 Å². The molecular weight excluding hydrogens is 924 g/mol. The van der Waals surface area contributed by atoms with E-state index in [1.165, 1.54) is 28.1 Å². The molecule has 0 spiro atoms. The Kier molecular flexibility index (Phi) is 16.3. The van der Waals surface area contributed by atoms with E-state index in [-0.39, 0.29) is 17.6 Å². The predicted molar refractivity (Wildman–Crippen MR) is 236 cm³/mol. The Bertz CT molecular complexity index is 2240. The number of nitrogens with one attached hydrogen (secondary N) is 1. The number of carboxylic acids is 1. The average Bonchev–Trinajstić information content (AvgIpc) is 4.07. The van der Waals surface area contributed by atoms with E-state index in [4.69, 9.17) is 25.4 Å². The maximum Gasteiger partial charge on any atom is 0.355 e. The second-order valence-electron chi connectivity index (χ2n) is 13.7. The van der Waals surface area contributed by atoms with Crippen molar-refractivity contribution in [3.63, 3.8) is 0 Å². The molecule has 2 aliphatic rings. The van der Waals surface area contributed by atoms with E-state index >= 15 is 0 Å². The molecule has 0 aliphatic heterocycles. The van der Waals surface area contributed by atoms with Gasteiger partial charge in [-0.25, -0.2) is 14.8 Å². The van der Waals surface area contributed by atoms with Crippen LogP contribution >= 0.6 is 54.5 Å². The lowest BCUT2D eigenvalue weighted by atomic mass is 9.93.